The molecule has 0 aromatic carbocycles. The molecule has 2 atom stereocenters. The maximum absolute atomic E-state index is 6.50. The van der Waals surface area contributed by atoms with E-state index in [9.17, 15) is 0 Å². The highest BCUT2D eigenvalue weighted by molar-refractivity contribution is 4.96. The zero-order chi connectivity index (χ0) is 17.0. The molecule has 0 aromatic rings. The number of hydrogen-bond donors (Lipinski definition) is 1. The van der Waals surface area contributed by atoms with Gasteiger partial charge in [0.15, 0.2) is 0 Å². The molecule has 1 aliphatic heterocycles. The lowest BCUT2D eigenvalue weighted by Crippen LogP contribution is -2.48. The van der Waals surface area contributed by atoms with Crippen LogP contribution in [0.15, 0.2) is 0 Å². The minimum Gasteiger partial charge on any atom is -0.383 e. The van der Waals surface area contributed by atoms with E-state index in [1.165, 1.54) is 70.6 Å². The third-order valence-corrected chi connectivity index (χ3v) is 5.39. The first-order chi connectivity index (χ1) is 11.1. The maximum Gasteiger partial charge on any atom is 0.0655 e. The zero-order valence-corrected chi connectivity index (χ0v) is 16.1. The van der Waals surface area contributed by atoms with Crippen LogP contribution in [-0.4, -0.2) is 43.3 Å². The predicted octanol–water partition coefficient (Wildman–Crippen LogP) is 4.74. The number of hydrogen-bond acceptors (Lipinski definition) is 3. The van der Waals surface area contributed by atoms with Crippen molar-refractivity contribution in [2.75, 3.05) is 26.8 Å². The smallest absolute Gasteiger partial charge is 0.0655 e. The summed E-state index contributed by atoms with van der Waals surface area (Å²) in [5, 5.41) is 0. The lowest BCUT2D eigenvalue weighted by molar-refractivity contribution is 0.124. The van der Waals surface area contributed by atoms with Gasteiger partial charge < -0.3 is 10.5 Å². The lowest BCUT2D eigenvalue weighted by Gasteiger charge is -2.30. The van der Waals surface area contributed by atoms with Gasteiger partial charge in [0.05, 0.1) is 12.1 Å². The van der Waals surface area contributed by atoms with E-state index in [4.69, 9.17) is 10.5 Å². The molecule has 3 heteroatoms. The van der Waals surface area contributed by atoms with Gasteiger partial charge in [-0.3, -0.25) is 4.90 Å². The topological polar surface area (TPSA) is 38.5 Å². The first kappa shape index (κ1) is 20.9. The van der Waals surface area contributed by atoms with Crippen molar-refractivity contribution in [3.63, 3.8) is 0 Å². The van der Waals surface area contributed by atoms with Crippen LogP contribution in [0.1, 0.15) is 90.9 Å². The minimum atomic E-state index is -0.112. The van der Waals surface area contributed by atoms with Gasteiger partial charge in [0.2, 0.25) is 0 Å². The van der Waals surface area contributed by atoms with Crippen molar-refractivity contribution in [1.82, 2.24) is 4.90 Å². The van der Waals surface area contributed by atoms with Gasteiger partial charge in [-0.1, -0.05) is 71.6 Å². The summed E-state index contributed by atoms with van der Waals surface area (Å²) in [6, 6.07) is 0.746. The largest absolute Gasteiger partial charge is 0.383 e. The van der Waals surface area contributed by atoms with Gasteiger partial charge in [0.1, 0.15) is 0 Å². The van der Waals surface area contributed by atoms with E-state index in [1.54, 1.807) is 7.11 Å². The summed E-state index contributed by atoms with van der Waals surface area (Å²) in [5.41, 5.74) is 6.39. The van der Waals surface area contributed by atoms with Crippen LogP contribution in [0.5, 0.6) is 0 Å². The molecule has 1 unspecified atom stereocenters. The van der Waals surface area contributed by atoms with Gasteiger partial charge in [0, 0.05) is 26.2 Å². The fourth-order valence-electron chi connectivity index (χ4n) is 3.95. The second kappa shape index (κ2) is 12.3. The van der Waals surface area contributed by atoms with Crippen molar-refractivity contribution >= 4 is 0 Å². The number of methoxy groups -OCH3 is 1. The van der Waals surface area contributed by atoms with Gasteiger partial charge >= 0.3 is 0 Å². The van der Waals surface area contributed by atoms with E-state index in [2.05, 4.69) is 18.7 Å². The van der Waals surface area contributed by atoms with E-state index in [-0.39, 0.29) is 5.54 Å². The van der Waals surface area contributed by atoms with Crippen molar-refractivity contribution in [1.29, 1.82) is 0 Å². The van der Waals surface area contributed by atoms with E-state index in [0.29, 0.717) is 6.61 Å². The maximum atomic E-state index is 6.50. The number of ether oxygens (including phenoxy) is 1. The summed E-state index contributed by atoms with van der Waals surface area (Å²) in [5.74, 6) is 0. The number of rotatable bonds is 14. The zero-order valence-electron chi connectivity index (χ0n) is 16.1. The monoisotopic (exact) mass is 326 g/mol. The van der Waals surface area contributed by atoms with E-state index < -0.39 is 0 Å². The molecule has 2 N–H and O–H groups in total. The van der Waals surface area contributed by atoms with Crippen LogP contribution in [0.2, 0.25) is 0 Å². The fourth-order valence-corrected chi connectivity index (χ4v) is 3.95. The number of nitrogens with two attached hydrogens (primary N) is 1. The number of unbranched alkanes of at least 4 members (excludes halogenated alkanes) is 7. The Bertz CT molecular complexity index is 285. The van der Waals surface area contributed by atoms with Gasteiger partial charge in [0.25, 0.3) is 0 Å². The molecule has 0 saturated carbocycles. The summed E-state index contributed by atoms with van der Waals surface area (Å²) in [6.07, 6.45) is 16.2. The predicted molar refractivity (Wildman–Crippen MR) is 101 cm³/mol. The molecular weight excluding hydrogens is 284 g/mol. The highest BCUT2D eigenvalue weighted by Crippen LogP contribution is 2.26. The Hall–Kier alpha value is -0.120. The first-order valence-corrected chi connectivity index (χ1v) is 10.2. The average molecular weight is 327 g/mol. The molecule has 0 aliphatic carbocycles. The van der Waals surface area contributed by atoms with Crippen molar-refractivity contribution in [3.8, 4) is 0 Å². The normalized spacial score (nSPS) is 23.5. The summed E-state index contributed by atoms with van der Waals surface area (Å²) in [7, 11) is 1.77. The Morgan fingerprint density at radius 2 is 1.52 bits per heavy atom. The summed E-state index contributed by atoms with van der Waals surface area (Å²) < 4.78 is 5.34. The molecule has 0 bridgehead atoms. The van der Waals surface area contributed by atoms with Crippen LogP contribution in [-0.2, 0) is 4.74 Å². The van der Waals surface area contributed by atoms with Crippen LogP contribution in [0.25, 0.3) is 0 Å². The molecule has 1 fully saturated rings. The van der Waals surface area contributed by atoms with Crippen molar-refractivity contribution < 1.29 is 4.74 Å². The highest BCUT2D eigenvalue weighted by Gasteiger charge is 2.36. The standard InChI is InChI=1S/C20H42N2O/c1-4-6-8-10-12-14-19(13-11-9-7-5-2)22-16-15-20(21,17-22)18-23-3/h19H,4-18,21H2,1-3H3/t19?,20-/m1/s1. The van der Waals surface area contributed by atoms with Crippen molar-refractivity contribution in [3.05, 3.63) is 0 Å². The van der Waals surface area contributed by atoms with Crippen molar-refractivity contribution in [2.45, 2.75) is 102 Å². The molecule has 0 amide bonds. The van der Waals surface area contributed by atoms with Crippen LogP contribution in [0.3, 0.4) is 0 Å². The number of nitrogens with zero attached hydrogens (tertiary/aromatic N) is 1. The van der Waals surface area contributed by atoms with E-state index in [0.717, 1.165) is 25.6 Å². The molecule has 1 rings (SSSR count). The Balaban J connectivity index is 2.40. The quantitative estimate of drug-likeness (QED) is 0.469. The molecule has 3 nitrogen and oxygen atoms in total. The second-order valence-corrected chi connectivity index (χ2v) is 7.72. The average Bonchev–Trinajstić information content (AvgIpc) is 2.91. The fraction of sp³-hybridized carbons (Fsp3) is 1.00. The third-order valence-electron chi connectivity index (χ3n) is 5.39. The SMILES string of the molecule is CCCCCCCC(CCCCCC)N1CC[C@](N)(COC)C1. The number of likely N-dealkylation sites (tertiary alicyclic amines) is 1. The first-order valence-electron chi connectivity index (χ1n) is 10.2. The lowest BCUT2D eigenvalue weighted by atomic mass is 9.99. The van der Waals surface area contributed by atoms with Crippen LogP contribution < -0.4 is 5.73 Å². The van der Waals surface area contributed by atoms with E-state index >= 15 is 0 Å². The van der Waals surface area contributed by atoms with Crippen LogP contribution in [0, 0.1) is 0 Å². The molecule has 1 saturated heterocycles. The summed E-state index contributed by atoms with van der Waals surface area (Å²) in [6.45, 7) is 7.46. The third kappa shape index (κ3) is 8.51. The van der Waals surface area contributed by atoms with Gasteiger partial charge in [-0.05, 0) is 19.3 Å². The molecule has 0 radical (unpaired) electrons. The summed E-state index contributed by atoms with van der Waals surface area (Å²) >= 11 is 0. The Labute approximate surface area is 145 Å². The molecule has 1 heterocycles. The van der Waals surface area contributed by atoms with Crippen LogP contribution >= 0.6 is 0 Å². The minimum absolute atomic E-state index is 0.112. The molecule has 0 aromatic heterocycles. The summed E-state index contributed by atoms with van der Waals surface area (Å²) in [4.78, 5) is 2.67. The van der Waals surface area contributed by atoms with Gasteiger partial charge in [-0.25, -0.2) is 0 Å². The Morgan fingerprint density at radius 1 is 0.957 bits per heavy atom. The van der Waals surface area contributed by atoms with Gasteiger partial charge in [-0.2, -0.15) is 0 Å². The second-order valence-electron chi connectivity index (χ2n) is 7.72. The molecular formula is C20H42N2O. The van der Waals surface area contributed by atoms with Crippen molar-refractivity contribution in [2.24, 2.45) is 5.73 Å². The Kier molecular flexibility index (Phi) is 11.2. The van der Waals surface area contributed by atoms with E-state index in [1.807, 2.05) is 0 Å². The van der Waals surface area contributed by atoms with Crippen LogP contribution in [0.4, 0.5) is 0 Å². The highest BCUT2D eigenvalue weighted by atomic mass is 16.5. The molecule has 1 aliphatic rings. The molecule has 23 heavy (non-hydrogen) atoms. The molecule has 0 spiro atoms. The molecule has 138 valence electrons. The van der Waals surface area contributed by atoms with Gasteiger partial charge in [-0.15, -0.1) is 0 Å². The Morgan fingerprint density at radius 3 is 2.09 bits per heavy atom.